The number of furan rings is 1. The molecule has 0 saturated carbocycles. The third-order valence-electron chi connectivity index (χ3n) is 3.40. The normalized spacial score (nSPS) is 10.7. The van der Waals surface area contributed by atoms with Gasteiger partial charge in [0.05, 0.1) is 19.1 Å². The minimum atomic E-state index is 0. The number of fused-ring (bicyclic) bond motifs is 1. The maximum absolute atomic E-state index is 6.03. The zero-order valence-corrected chi connectivity index (χ0v) is 12.9. The summed E-state index contributed by atoms with van der Waals surface area (Å²) in [7, 11) is 0. The van der Waals surface area contributed by atoms with Crippen molar-refractivity contribution in [2.24, 2.45) is 0 Å². The van der Waals surface area contributed by atoms with Crippen LogP contribution in [0, 0.1) is 0 Å². The lowest BCUT2D eigenvalue weighted by Gasteiger charge is -2.04. The van der Waals surface area contributed by atoms with Gasteiger partial charge in [-0.1, -0.05) is 23.7 Å². The van der Waals surface area contributed by atoms with Crippen LogP contribution in [0.3, 0.4) is 0 Å². The molecule has 0 bridgehead atoms. The fourth-order valence-electron chi connectivity index (χ4n) is 2.42. The first kappa shape index (κ1) is 15.2. The largest absolute Gasteiger partial charge is 0.463 e. The molecule has 6 nitrogen and oxygen atoms in total. The number of aromatic nitrogens is 4. The van der Waals surface area contributed by atoms with E-state index < -0.39 is 0 Å². The second-order valence-electron chi connectivity index (χ2n) is 4.87. The van der Waals surface area contributed by atoms with Gasteiger partial charge in [0.2, 0.25) is 0 Å². The molecule has 4 aromatic rings. The SMILES string of the molecule is Clc1cccc(Cn2cnc3c(-c4ccco4)ncnc32)c1.N. The average Bonchev–Trinajstić information content (AvgIpc) is 3.17. The van der Waals surface area contributed by atoms with Crippen molar-refractivity contribution in [2.45, 2.75) is 6.54 Å². The molecule has 0 radical (unpaired) electrons. The predicted octanol–water partition coefficient (Wildman–Crippen LogP) is 3.95. The van der Waals surface area contributed by atoms with Crippen LogP contribution in [0.5, 0.6) is 0 Å². The first-order chi connectivity index (χ1) is 10.8. The minimum Gasteiger partial charge on any atom is -0.463 e. The highest BCUT2D eigenvalue weighted by molar-refractivity contribution is 6.30. The summed E-state index contributed by atoms with van der Waals surface area (Å²) in [6.07, 6.45) is 4.90. The number of hydrogen-bond donors (Lipinski definition) is 1. The Kier molecular flexibility index (Phi) is 4.10. The van der Waals surface area contributed by atoms with Crippen molar-refractivity contribution in [3.05, 3.63) is 65.9 Å². The van der Waals surface area contributed by atoms with E-state index in [0.717, 1.165) is 16.7 Å². The van der Waals surface area contributed by atoms with Crippen LogP contribution in [0.25, 0.3) is 22.6 Å². The number of nitrogens with zero attached hydrogens (tertiary/aromatic N) is 4. The van der Waals surface area contributed by atoms with Crippen molar-refractivity contribution in [1.29, 1.82) is 0 Å². The minimum absolute atomic E-state index is 0. The van der Waals surface area contributed by atoms with Crippen LogP contribution in [0.4, 0.5) is 0 Å². The van der Waals surface area contributed by atoms with Gasteiger partial charge < -0.3 is 15.1 Å². The number of hydrogen-bond acceptors (Lipinski definition) is 5. The van der Waals surface area contributed by atoms with Gasteiger partial charge in [-0.05, 0) is 29.8 Å². The first-order valence-corrected chi connectivity index (χ1v) is 7.13. The van der Waals surface area contributed by atoms with E-state index >= 15 is 0 Å². The number of benzene rings is 1. The van der Waals surface area contributed by atoms with Crippen molar-refractivity contribution in [3.63, 3.8) is 0 Å². The Hall–Kier alpha value is -2.70. The lowest BCUT2D eigenvalue weighted by Crippen LogP contribution is -1.99. The van der Waals surface area contributed by atoms with Crippen LogP contribution >= 0.6 is 11.6 Å². The molecule has 3 N–H and O–H groups in total. The fraction of sp³-hybridized carbons (Fsp3) is 0.0625. The Morgan fingerprint density at radius 1 is 1.09 bits per heavy atom. The highest BCUT2D eigenvalue weighted by Crippen LogP contribution is 2.24. The molecule has 0 aliphatic carbocycles. The van der Waals surface area contributed by atoms with Crippen molar-refractivity contribution >= 4 is 22.8 Å². The average molecular weight is 328 g/mol. The van der Waals surface area contributed by atoms with Crippen molar-refractivity contribution in [2.75, 3.05) is 0 Å². The lowest BCUT2D eigenvalue weighted by atomic mass is 10.2. The molecule has 1 aromatic carbocycles. The third-order valence-corrected chi connectivity index (χ3v) is 3.63. The van der Waals surface area contributed by atoms with Crippen LogP contribution in [0.2, 0.25) is 5.02 Å². The summed E-state index contributed by atoms with van der Waals surface area (Å²) in [4.78, 5) is 13.1. The second kappa shape index (κ2) is 6.20. The molecule has 7 heteroatoms. The van der Waals surface area contributed by atoms with Crippen molar-refractivity contribution in [1.82, 2.24) is 25.7 Å². The molecule has 116 valence electrons. The Morgan fingerprint density at radius 2 is 2.00 bits per heavy atom. The summed E-state index contributed by atoms with van der Waals surface area (Å²) >= 11 is 6.03. The van der Waals surface area contributed by atoms with Crippen molar-refractivity contribution < 1.29 is 4.42 Å². The van der Waals surface area contributed by atoms with E-state index in [-0.39, 0.29) is 6.15 Å². The van der Waals surface area contributed by atoms with E-state index in [1.807, 2.05) is 41.0 Å². The quantitative estimate of drug-likeness (QED) is 0.615. The van der Waals surface area contributed by atoms with Crippen LogP contribution in [-0.2, 0) is 6.54 Å². The lowest BCUT2D eigenvalue weighted by molar-refractivity contribution is 0.580. The highest BCUT2D eigenvalue weighted by Gasteiger charge is 2.13. The number of imidazole rings is 1. The zero-order chi connectivity index (χ0) is 14.9. The van der Waals surface area contributed by atoms with Crippen LogP contribution in [0.1, 0.15) is 5.56 Å². The first-order valence-electron chi connectivity index (χ1n) is 6.75. The van der Waals surface area contributed by atoms with E-state index in [2.05, 4.69) is 15.0 Å². The highest BCUT2D eigenvalue weighted by atomic mass is 35.5. The van der Waals surface area contributed by atoms with E-state index in [0.29, 0.717) is 23.0 Å². The molecule has 4 rings (SSSR count). The predicted molar refractivity (Wildman–Crippen MR) is 88.6 cm³/mol. The van der Waals surface area contributed by atoms with Crippen LogP contribution < -0.4 is 6.15 Å². The Morgan fingerprint density at radius 3 is 2.78 bits per heavy atom. The molecule has 0 atom stereocenters. The van der Waals surface area contributed by atoms with E-state index in [1.165, 1.54) is 6.33 Å². The molecule has 0 spiro atoms. The Labute approximate surface area is 137 Å². The van der Waals surface area contributed by atoms with E-state index in [9.17, 15) is 0 Å². The monoisotopic (exact) mass is 327 g/mol. The van der Waals surface area contributed by atoms with Gasteiger partial charge in [-0.15, -0.1) is 0 Å². The standard InChI is InChI=1S/C16H11ClN4O.H3N/c17-12-4-1-3-11(7-12)8-21-10-20-15-14(13-5-2-6-22-13)18-9-19-16(15)21;/h1-7,9-10H,8H2;1H3. The molecule has 0 saturated heterocycles. The van der Waals surface area contributed by atoms with Gasteiger partial charge >= 0.3 is 0 Å². The third kappa shape index (κ3) is 2.81. The molecule has 0 unspecified atom stereocenters. The van der Waals surface area contributed by atoms with E-state index in [1.54, 1.807) is 12.6 Å². The summed E-state index contributed by atoms with van der Waals surface area (Å²) < 4.78 is 7.38. The van der Waals surface area contributed by atoms with Gasteiger partial charge in [0.15, 0.2) is 11.4 Å². The van der Waals surface area contributed by atoms with Crippen LogP contribution in [-0.4, -0.2) is 19.5 Å². The molecule has 0 aliphatic rings. The molecule has 0 aliphatic heterocycles. The summed E-state index contributed by atoms with van der Waals surface area (Å²) in [5.41, 5.74) is 3.27. The summed E-state index contributed by atoms with van der Waals surface area (Å²) in [6.45, 7) is 0.645. The van der Waals surface area contributed by atoms with Crippen LogP contribution in [0.15, 0.2) is 59.7 Å². The summed E-state index contributed by atoms with van der Waals surface area (Å²) in [5.74, 6) is 0.681. The maximum atomic E-state index is 6.03. The molecular formula is C16H14ClN5O. The fourth-order valence-corrected chi connectivity index (χ4v) is 2.63. The summed E-state index contributed by atoms with van der Waals surface area (Å²) in [6, 6.07) is 11.4. The van der Waals surface area contributed by atoms with Gasteiger partial charge in [0.1, 0.15) is 17.5 Å². The van der Waals surface area contributed by atoms with Gasteiger partial charge in [-0.3, -0.25) is 0 Å². The van der Waals surface area contributed by atoms with Crippen molar-refractivity contribution in [3.8, 4) is 11.5 Å². The molecule has 0 fully saturated rings. The summed E-state index contributed by atoms with van der Waals surface area (Å²) in [5, 5.41) is 0.716. The molecule has 0 amide bonds. The van der Waals surface area contributed by atoms with E-state index in [4.69, 9.17) is 16.0 Å². The Balaban J connectivity index is 0.00000156. The van der Waals surface area contributed by atoms with Gasteiger partial charge in [-0.2, -0.15) is 0 Å². The molecular weight excluding hydrogens is 314 g/mol. The number of halogens is 1. The topological polar surface area (TPSA) is 91.7 Å². The number of rotatable bonds is 3. The van der Waals surface area contributed by atoms with Gasteiger partial charge in [-0.25, -0.2) is 15.0 Å². The van der Waals surface area contributed by atoms with Gasteiger partial charge in [0.25, 0.3) is 0 Å². The molecule has 3 aromatic heterocycles. The molecule has 23 heavy (non-hydrogen) atoms. The maximum Gasteiger partial charge on any atom is 0.164 e. The Bertz CT molecular complexity index is 933. The second-order valence-corrected chi connectivity index (χ2v) is 5.31. The van der Waals surface area contributed by atoms with Gasteiger partial charge in [0, 0.05) is 5.02 Å². The molecule has 3 heterocycles. The smallest absolute Gasteiger partial charge is 0.164 e. The zero-order valence-electron chi connectivity index (χ0n) is 12.2.